The number of aryl methyl sites for hydroxylation is 1. The van der Waals surface area contributed by atoms with E-state index in [1.165, 1.54) is 13.0 Å². The zero-order valence-electron chi connectivity index (χ0n) is 16.4. The summed E-state index contributed by atoms with van der Waals surface area (Å²) in [4.78, 5) is 24.5. The summed E-state index contributed by atoms with van der Waals surface area (Å²) in [5.41, 5.74) is 1.08. The molecule has 1 aliphatic rings. The van der Waals surface area contributed by atoms with Crippen LogP contribution in [0.5, 0.6) is 5.75 Å². The number of carbonyl (C=O) groups excluding carboxylic acids is 2. The van der Waals surface area contributed by atoms with Crippen LogP contribution >= 0.6 is 0 Å². The van der Waals surface area contributed by atoms with Gasteiger partial charge in [0, 0.05) is 12.3 Å². The highest BCUT2D eigenvalue weighted by Crippen LogP contribution is 2.18. The zero-order chi connectivity index (χ0) is 20.8. The van der Waals surface area contributed by atoms with Crippen LogP contribution in [0, 0.1) is 12.7 Å². The average Bonchev–Trinajstić information content (AvgIpc) is 3.23. The van der Waals surface area contributed by atoms with E-state index in [2.05, 4.69) is 5.32 Å². The Balaban J connectivity index is 1.50. The zero-order valence-corrected chi connectivity index (χ0v) is 16.4. The molecule has 7 heteroatoms. The van der Waals surface area contributed by atoms with E-state index in [1.54, 1.807) is 43.3 Å². The Labute approximate surface area is 169 Å². The van der Waals surface area contributed by atoms with E-state index in [9.17, 15) is 14.0 Å². The van der Waals surface area contributed by atoms with Gasteiger partial charge in [-0.15, -0.1) is 0 Å². The summed E-state index contributed by atoms with van der Waals surface area (Å²) in [7, 11) is 0. The molecule has 1 aliphatic heterocycles. The van der Waals surface area contributed by atoms with E-state index < -0.39 is 23.8 Å². The van der Waals surface area contributed by atoms with Crippen LogP contribution in [0.3, 0.4) is 0 Å². The fourth-order valence-corrected chi connectivity index (χ4v) is 2.85. The fourth-order valence-electron chi connectivity index (χ4n) is 2.85. The summed E-state index contributed by atoms with van der Waals surface area (Å²) < 4.78 is 29.9. The fraction of sp³-hybridized carbons (Fsp3) is 0.364. The highest BCUT2D eigenvalue weighted by Gasteiger charge is 2.20. The molecule has 0 saturated carbocycles. The molecule has 6 nitrogen and oxygen atoms in total. The molecule has 1 heterocycles. The van der Waals surface area contributed by atoms with Crippen LogP contribution in [0.2, 0.25) is 0 Å². The highest BCUT2D eigenvalue weighted by atomic mass is 19.1. The van der Waals surface area contributed by atoms with Crippen LogP contribution in [0.25, 0.3) is 0 Å². The maximum atomic E-state index is 13.6. The lowest BCUT2D eigenvalue weighted by molar-refractivity contribution is -0.123. The molecule has 0 unspecified atom stereocenters. The third-order valence-corrected chi connectivity index (χ3v) is 4.64. The summed E-state index contributed by atoms with van der Waals surface area (Å²) >= 11 is 0. The van der Waals surface area contributed by atoms with Crippen molar-refractivity contribution in [3.8, 4) is 5.75 Å². The number of hydrogen-bond acceptors (Lipinski definition) is 5. The van der Waals surface area contributed by atoms with E-state index in [0.717, 1.165) is 19.4 Å². The molecular weight excluding hydrogens is 377 g/mol. The van der Waals surface area contributed by atoms with Crippen LogP contribution in [0.4, 0.5) is 10.1 Å². The van der Waals surface area contributed by atoms with Gasteiger partial charge < -0.3 is 19.5 Å². The van der Waals surface area contributed by atoms with E-state index >= 15 is 0 Å². The molecule has 1 amide bonds. The van der Waals surface area contributed by atoms with Crippen molar-refractivity contribution < 1.29 is 28.2 Å². The largest absolute Gasteiger partial charge is 0.491 e. The van der Waals surface area contributed by atoms with Gasteiger partial charge in [0.2, 0.25) is 0 Å². The molecule has 1 N–H and O–H groups in total. The molecule has 0 aliphatic carbocycles. The van der Waals surface area contributed by atoms with Crippen molar-refractivity contribution in [2.45, 2.75) is 38.9 Å². The average molecular weight is 401 g/mol. The van der Waals surface area contributed by atoms with Gasteiger partial charge >= 0.3 is 5.97 Å². The lowest BCUT2D eigenvalue weighted by atomic mass is 10.2. The number of carbonyl (C=O) groups is 2. The lowest BCUT2D eigenvalue weighted by Crippen LogP contribution is -2.30. The Hall–Kier alpha value is -2.93. The van der Waals surface area contributed by atoms with Crippen molar-refractivity contribution >= 4 is 17.6 Å². The van der Waals surface area contributed by atoms with Crippen molar-refractivity contribution in [2.75, 3.05) is 18.5 Å². The van der Waals surface area contributed by atoms with Gasteiger partial charge in [-0.1, -0.05) is 6.07 Å². The Morgan fingerprint density at radius 1 is 1.24 bits per heavy atom. The van der Waals surface area contributed by atoms with Gasteiger partial charge in [-0.2, -0.15) is 0 Å². The molecule has 0 spiro atoms. The molecule has 2 aromatic rings. The number of nitrogens with one attached hydrogen (secondary N) is 1. The van der Waals surface area contributed by atoms with Crippen molar-refractivity contribution in [3.63, 3.8) is 0 Å². The molecule has 1 saturated heterocycles. The van der Waals surface area contributed by atoms with Gasteiger partial charge in [-0.05, 0) is 68.7 Å². The van der Waals surface area contributed by atoms with Gasteiger partial charge in [0.05, 0.1) is 11.7 Å². The second-order valence-corrected chi connectivity index (χ2v) is 6.97. The molecule has 154 valence electrons. The molecule has 1 fully saturated rings. The minimum atomic E-state index is -1.04. The smallest absolute Gasteiger partial charge is 0.338 e. The first kappa shape index (κ1) is 20.8. The van der Waals surface area contributed by atoms with Gasteiger partial charge in [0.1, 0.15) is 18.2 Å². The monoisotopic (exact) mass is 401 g/mol. The van der Waals surface area contributed by atoms with Crippen LogP contribution in [-0.2, 0) is 14.3 Å². The summed E-state index contributed by atoms with van der Waals surface area (Å²) in [5, 5.41) is 2.53. The SMILES string of the molecule is Cc1ccc(NC(=O)[C@H](C)OC(=O)c2ccc(OC[C@@H]3CCCO3)cc2)cc1F. The second-order valence-electron chi connectivity index (χ2n) is 6.97. The number of halogens is 1. The summed E-state index contributed by atoms with van der Waals surface area (Å²) in [6, 6.07) is 10.9. The molecule has 29 heavy (non-hydrogen) atoms. The van der Waals surface area contributed by atoms with E-state index in [4.69, 9.17) is 14.2 Å². The van der Waals surface area contributed by atoms with Crippen LogP contribution in [0.1, 0.15) is 35.7 Å². The first-order valence-electron chi connectivity index (χ1n) is 9.55. The van der Waals surface area contributed by atoms with E-state index in [-0.39, 0.29) is 6.10 Å². The van der Waals surface area contributed by atoms with Crippen LogP contribution < -0.4 is 10.1 Å². The number of amides is 1. The number of anilines is 1. The van der Waals surface area contributed by atoms with Gasteiger partial charge in [0.25, 0.3) is 5.91 Å². The minimum Gasteiger partial charge on any atom is -0.491 e. The summed E-state index contributed by atoms with van der Waals surface area (Å²) in [6.07, 6.45) is 1.10. The Morgan fingerprint density at radius 3 is 2.66 bits per heavy atom. The maximum absolute atomic E-state index is 13.6. The topological polar surface area (TPSA) is 73.9 Å². The van der Waals surface area contributed by atoms with Crippen molar-refractivity contribution in [3.05, 3.63) is 59.4 Å². The summed E-state index contributed by atoms with van der Waals surface area (Å²) in [5.74, 6) is -0.968. The molecule has 0 bridgehead atoms. The van der Waals surface area contributed by atoms with Crippen molar-refractivity contribution in [1.82, 2.24) is 0 Å². The van der Waals surface area contributed by atoms with Gasteiger partial charge in [0.15, 0.2) is 6.10 Å². The molecule has 2 atom stereocenters. The standard InChI is InChI=1S/C22H24FNO5/c1-14-5-8-17(12-20(14)23)24-21(25)15(2)29-22(26)16-6-9-18(10-7-16)28-13-19-4-3-11-27-19/h5-10,12,15,19H,3-4,11,13H2,1-2H3,(H,24,25)/t15-,19-/m0/s1. The first-order chi connectivity index (χ1) is 13.9. The highest BCUT2D eigenvalue weighted by molar-refractivity contribution is 5.97. The third kappa shape index (κ3) is 5.77. The predicted octanol–water partition coefficient (Wildman–Crippen LogP) is 3.88. The van der Waals surface area contributed by atoms with E-state index in [0.29, 0.717) is 29.2 Å². The van der Waals surface area contributed by atoms with E-state index in [1.807, 2.05) is 0 Å². The first-order valence-corrected chi connectivity index (χ1v) is 9.55. The molecule has 0 radical (unpaired) electrons. The molecule has 0 aromatic heterocycles. The third-order valence-electron chi connectivity index (χ3n) is 4.64. The number of ether oxygens (including phenoxy) is 3. The number of hydrogen-bond donors (Lipinski definition) is 1. The summed E-state index contributed by atoms with van der Waals surface area (Å²) in [6.45, 7) is 4.32. The number of rotatable bonds is 7. The quantitative estimate of drug-likeness (QED) is 0.713. The van der Waals surface area contributed by atoms with Gasteiger partial charge in [-0.25, -0.2) is 9.18 Å². The van der Waals surface area contributed by atoms with Gasteiger partial charge in [-0.3, -0.25) is 4.79 Å². The molecule has 3 rings (SSSR count). The number of esters is 1. The lowest BCUT2D eigenvalue weighted by Gasteiger charge is -2.14. The minimum absolute atomic E-state index is 0.112. The molecule has 2 aromatic carbocycles. The molecular formula is C22H24FNO5. The van der Waals surface area contributed by atoms with Crippen molar-refractivity contribution in [1.29, 1.82) is 0 Å². The Bertz CT molecular complexity index is 862. The second kappa shape index (κ2) is 9.52. The van der Waals surface area contributed by atoms with Crippen LogP contribution in [0.15, 0.2) is 42.5 Å². The maximum Gasteiger partial charge on any atom is 0.338 e. The Kier molecular flexibility index (Phi) is 6.82. The predicted molar refractivity (Wildman–Crippen MR) is 106 cm³/mol. The normalized spacial score (nSPS) is 16.9. The van der Waals surface area contributed by atoms with Crippen LogP contribution in [-0.4, -0.2) is 37.3 Å². The Morgan fingerprint density at radius 2 is 2.00 bits per heavy atom. The number of benzene rings is 2. The van der Waals surface area contributed by atoms with Crippen molar-refractivity contribution in [2.24, 2.45) is 0 Å².